The maximum absolute atomic E-state index is 5.55. The molecule has 1 saturated heterocycles. The Bertz CT molecular complexity index is 196. The summed E-state index contributed by atoms with van der Waals surface area (Å²) in [6.07, 6.45) is 0. The van der Waals surface area contributed by atoms with Crippen LogP contribution in [0.3, 0.4) is 0 Å². The lowest BCUT2D eigenvalue weighted by atomic mass is 10.5. The minimum atomic E-state index is -0.624. The van der Waals surface area contributed by atoms with Gasteiger partial charge in [-0.3, -0.25) is 5.32 Å². The van der Waals surface area contributed by atoms with Crippen molar-refractivity contribution < 1.29 is 9.47 Å². The van der Waals surface area contributed by atoms with Crippen LogP contribution in [0.4, 0.5) is 0 Å². The van der Waals surface area contributed by atoms with Gasteiger partial charge in [0.15, 0.2) is 0 Å². The van der Waals surface area contributed by atoms with Crippen LogP contribution < -0.4 is 5.32 Å². The highest BCUT2D eigenvalue weighted by atomic mass is 28.3. The van der Waals surface area contributed by atoms with Crippen LogP contribution in [0.1, 0.15) is 13.8 Å². The van der Waals surface area contributed by atoms with Gasteiger partial charge in [-0.1, -0.05) is 13.8 Å². The quantitative estimate of drug-likeness (QED) is 0.534. The van der Waals surface area contributed by atoms with Crippen molar-refractivity contribution in [2.24, 2.45) is 0 Å². The molecule has 1 fully saturated rings. The van der Waals surface area contributed by atoms with E-state index in [0.29, 0.717) is 0 Å². The zero-order chi connectivity index (χ0) is 12.0. The van der Waals surface area contributed by atoms with Crippen molar-refractivity contribution in [3.05, 3.63) is 0 Å². The summed E-state index contributed by atoms with van der Waals surface area (Å²) in [4.78, 5) is 2.46. The number of methoxy groups -OCH3 is 2. The first-order chi connectivity index (χ1) is 7.72. The first-order valence-corrected chi connectivity index (χ1v) is 8.06. The summed E-state index contributed by atoms with van der Waals surface area (Å²) in [6.45, 7) is 8.88. The highest BCUT2D eigenvalue weighted by molar-refractivity contribution is 6.62. The van der Waals surface area contributed by atoms with E-state index in [-0.39, 0.29) is 0 Å². The average Bonchev–Trinajstić information content (AvgIpc) is 2.74. The van der Waals surface area contributed by atoms with Gasteiger partial charge in [-0.25, -0.2) is 0 Å². The van der Waals surface area contributed by atoms with E-state index in [4.69, 9.17) is 9.47 Å². The van der Waals surface area contributed by atoms with Crippen molar-refractivity contribution >= 4 is 8.80 Å². The summed E-state index contributed by atoms with van der Waals surface area (Å²) < 4.78 is 11.1. The summed E-state index contributed by atoms with van der Waals surface area (Å²) in [5, 5.41) is 3.36. The molecule has 0 unspecified atom stereocenters. The average molecular weight is 245 g/mol. The molecule has 16 heavy (non-hydrogen) atoms. The van der Waals surface area contributed by atoms with E-state index in [1.54, 1.807) is 14.2 Å². The minimum absolute atomic E-state index is 0.447. The van der Waals surface area contributed by atoms with Gasteiger partial charge in [-0.15, -0.1) is 0 Å². The highest BCUT2D eigenvalue weighted by Crippen LogP contribution is 2.24. The molecule has 0 aliphatic carbocycles. The fourth-order valence-corrected chi connectivity index (χ4v) is 5.18. The Morgan fingerprint density at radius 2 is 1.88 bits per heavy atom. The fourth-order valence-electron chi connectivity index (χ4n) is 2.31. The smallest absolute Gasteiger partial charge is 0.202 e. The second kappa shape index (κ2) is 6.71. The molecular weight excluding hydrogens is 220 g/mol. The van der Waals surface area contributed by atoms with Crippen molar-refractivity contribution in [3.63, 3.8) is 0 Å². The van der Waals surface area contributed by atoms with E-state index >= 15 is 0 Å². The largest absolute Gasteiger partial charge is 0.345 e. The van der Waals surface area contributed by atoms with E-state index in [9.17, 15) is 0 Å². The SMILES string of the molecule is CCN(CC)CC[Si]1CCNC1(OC)OC. The third-order valence-electron chi connectivity index (χ3n) is 3.45. The molecule has 0 atom stereocenters. The van der Waals surface area contributed by atoms with Crippen molar-refractivity contribution in [1.82, 2.24) is 10.2 Å². The Morgan fingerprint density at radius 3 is 2.38 bits per heavy atom. The Labute approximate surface area is 101 Å². The molecule has 1 rings (SSSR count). The lowest BCUT2D eigenvalue weighted by Gasteiger charge is -2.32. The summed E-state index contributed by atoms with van der Waals surface area (Å²) >= 11 is 0. The molecule has 1 aliphatic rings. The van der Waals surface area contributed by atoms with Crippen LogP contribution in [0.15, 0.2) is 0 Å². The first-order valence-electron chi connectivity index (χ1n) is 6.15. The fraction of sp³-hybridized carbons (Fsp3) is 1.00. The Kier molecular flexibility index (Phi) is 5.92. The van der Waals surface area contributed by atoms with Crippen LogP contribution in [0.5, 0.6) is 0 Å². The number of rotatable bonds is 7. The van der Waals surface area contributed by atoms with Crippen molar-refractivity contribution in [2.45, 2.75) is 31.5 Å². The number of ether oxygens (including phenoxy) is 2. The lowest BCUT2D eigenvalue weighted by molar-refractivity contribution is -0.162. The second-order valence-corrected chi connectivity index (χ2v) is 6.95. The predicted octanol–water partition coefficient (Wildman–Crippen LogP) is 0.912. The van der Waals surface area contributed by atoms with Gasteiger partial charge in [-0.05, 0) is 38.3 Å². The molecule has 0 bridgehead atoms. The number of hydrogen-bond donors (Lipinski definition) is 1. The Morgan fingerprint density at radius 1 is 1.25 bits per heavy atom. The van der Waals surface area contributed by atoms with Crippen molar-refractivity contribution in [3.8, 4) is 0 Å². The Balaban J connectivity index is 2.46. The topological polar surface area (TPSA) is 33.7 Å². The molecule has 1 radical (unpaired) electrons. The van der Waals surface area contributed by atoms with Gasteiger partial charge in [0.05, 0.1) is 0 Å². The standard InChI is InChI=1S/C11H25N2O2Si/c1-5-13(6-2)8-10-16-9-7-12-11(16,14-3)15-4/h12H,5-10H2,1-4H3. The third-order valence-corrected chi connectivity index (χ3v) is 6.65. The molecule has 1 N–H and O–H groups in total. The van der Waals surface area contributed by atoms with Crippen LogP contribution in [-0.4, -0.2) is 59.6 Å². The molecule has 0 aromatic heterocycles. The van der Waals surface area contributed by atoms with E-state index in [1.165, 1.54) is 12.1 Å². The van der Waals surface area contributed by atoms with Gasteiger partial charge in [-0.2, -0.15) is 0 Å². The summed E-state index contributed by atoms with van der Waals surface area (Å²) in [5.41, 5.74) is -0.447. The molecule has 5 heteroatoms. The monoisotopic (exact) mass is 245 g/mol. The number of hydrogen-bond acceptors (Lipinski definition) is 4. The van der Waals surface area contributed by atoms with Gasteiger partial charge in [0.25, 0.3) is 0 Å². The summed E-state index contributed by atoms with van der Waals surface area (Å²) in [7, 11) is 2.86. The molecule has 0 aromatic carbocycles. The molecule has 0 spiro atoms. The maximum atomic E-state index is 5.55. The highest BCUT2D eigenvalue weighted by Gasteiger charge is 2.44. The molecular formula is C11H25N2O2Si. The van der Waals surface area contributed by atoms with Crippen molar-refractivity contribution in [2.75, 3.05) is 40.4 Å². The first kappa shape index (κ1) is 14.1. The normalized spacial score (nSPS) is 20.8. The third kappa shape index (κ3) is 3.04. The Hall–Kier alpha value is 0.0569. The van der Waals surface area contributed by atoms with Crippen molar-refractivity contribution in [1.29, 1.82) is 0 Å². The number of nitrogens with zero attached hydrogens (tertiary/aromatic N) is 1. The van der Waals surface area contributed by atoms with Gasteiger partial charge >= 0.3 is 0 Å². The van der Waals surface area contributed by atoms with Gasteiger partial charge in [0.1, 0.15) is 8.80 Å². The molecule has 95 valence electrons. The van der Waals surface area contributed by atoms with Crippen LogP contribution in [0, 0.1) is 0 Å². The predicted molar refractivity (Wildman–Crippen MR) is 67.9 cm³/mol. The molecule has 1 heterocycles. The molecule has 4 nitrogen and oxygen atoms in total. The molecule has 1 aliphatic heterocycles. The van der Waals surface area contributed by atoms with Gasteiger partial charge < -0.3 is 14.4 Å². The van der Waals surface area contributed by atoms with E-state index in [1.807, 2.05) is 0 Å². The maximum Gasteiger partial charge on any atom is 0.202 e. The van der Waals surface area contributed by atoms with Gasteiger partial charge in [0, 0.05) is 14.2 Å². The van der Waals surface area contributed by atoms with E-state index in [0.717, 1.165) is 26.2 Å². The molecule has 0 aromatic rings. The van der Waals surface area contributed by atoms with Gasteiger partial charge in [0.2, 0.25) is 5.53 Å². The second-order valence-electron chi connectivity index (χ2n) is 4.08. The zero-order valence-electron chi connectivity index (χ0n) is 11.0. The van der Waals surface area contributed by atoms with Crippen LogP contribution in [-0.2, 0) is 9.47 Å². The number of nitrogens with one attached hydrogen (secondary N) is 1. The van der Waals surface area contributed by atoms with E-state index < -0.39 is 14.3 Å². The minimum Gasteiger partial charge on any atom is -0.345 e. The van der Waals surface area contributed by atoms with Crippen LogP contribution >= 0.6 is 0 Å². The molecule has 0 saturated carbocycles. The van der Waals surface area contributed by atoms with E-state index in [2.05, 4.69) is 24.1 Å². The molecule has 0 amide bonds. The van der Waals surface area contributed by atoms with Crippen LogP contribution in [0.25, 0.3) is 0 Å². The lowest BCUT2D eigenvalue weighted by Crippen LogP contribution is -2.54. The summed E-state index contributed by atoms with van der Waals surface area (Å²) in [5.74, 6) is 0. The van der Waals surface area contributed by atoms with Crippen LogP contribution in [0.2, 0.25) is 12.1 Å². The summed E-state index contributed by atoms with van der Waals surface area (Å²) in [6, 6.07) is 2.45. The zero-order valence-corrected chi connectivity index (χ0v) is 12.0.